The SMILES string of the molecule is CC(O)CCNC(=O)NCC(C)Oc1ccc(Cl)cc1. The zero-order valence-corrected chi connectivity index (χ0v) is 12.5. The molecule has 6 heteroatoms. The first-order valence-electron chi connectivity index (χ1n) is 6.59. The summed E-state index contributed by atoms with van der Waals surface area (Å²) in [6, 6.07) is 6.79. The van der Waals surface area contributed by atoms with Crippen molar-refractivity contribution in [1.82, 2.24) is 10.6 Å². The number of rotatable bonds is 7. The first-order valence-corrected chi connectivity index (χ1v) is 6.97. The van der Waals surface area contributed by atoms with Crippen LogP contribution in [0.4, 0.5) is 4.79 Å². The summed E-state index contributed by atoms with van der Waals surface area (Å²) in [6.07, 6.45) is -0.0364. The smallest absolute Gasteiger partial charge is 0.314 e. The number of carbonyl (C=O) groups is 1. The molecule has 3 N–H and O–H groups in total. The Labute approximate surface area is 124 Å². The van der Waals surface area contributed by atoms with E-state index in [2.05, 4.69) is 10.6 Å². The molecule has 2 unspecified atom stereocenters. The van der Waals surface area contributed by atoms with Gasteiger partial charge in [0.15, 0.2) is 0 Å². The van der Waals surface area contributed by atoms with Gasteiger partial charge in [0.05, 0.1) is 12.6 Å². The van der Waals surface area contributed by atoms with Crippen LogP contribution in [0.25, 0.3) is 0 Å². The molecule has 20 heavy (non-hydrogen) atoms. The lowest BCUT2D eigenvalue weighted by Crippen LogP contribution is -2.41. The van der Waals surface area contributed by atoms with Crippen molar-refractivity contribution >= 4 is 17.6 Å². The predicted octanol–water partition coefficient (Wildman–Crippen LogP) is 2.18. The summed E-state index contributed by atoms with van der Waals surface area (Å²) < 4.78 is 5.62. The van der Waals surface area contributed by atoms with Gasteiger partial charge in [-0.1, -0.05) is 11.6 Å². The van der Waals surface area contributed by atoms with E-state index < -0.39 is 6.10 Å². The Morgan fingerprint density at radius 3 is 2.55 bits per heavy atom. The maximum Gasteiger partial charge on any atom is 0.314 e. The van der Waals surface area contributed by atoms with Gasteiger partial charge in [-0.25, -0.2) is 4.79 Å². The van der Waals surface area contributed by atoms with Gasteiger partial charge in [0.25, 0.3) is 0 Å². The quantitative estimate of drug-likeness (QED) is 0.723. The molecule has 1 aromatic rings. The monoisotopic (exact) mass is 300 g/mol. The summed E-state index contributed by atoms with van der Waals surface area (Å²) in [7, 11) is 0. The van der Waals surface area contributed by atoms with E-state index >= 15 is 0 Å². The molecule has 0 heterocycles. The van der Waals surface area contributed by atoms with E-state index in [1.807, 2.05) is 6.92 Å². The lowest BCUT2D eigenvalue weighted by molar-refractivity contribution is 0.182. The molecule has 0 saturated heterocycles. The Bertz CT molecular complexity index is 409. The van der Waals surface area contributed by atoms with Gasteiger partial charge in [0.1, 0.15) is 11.9 Å². The van der Waals surface area contributed by atoms with Crippen molar-refractivity contribution in [2.75, 3.05) is 13.1 Å². The van der Waals surface area contributed by atoms with Gasteiger partial charge < -0.3 is 20.5 Å². The van der Waals surface area contributed by atoms with E-state index in [4.69, 9.17) is 21.4 Å². The molecule has 0 spiro atoms. The van der Waals surface area contributed by atoms with Crippen LogP contribution in [0.1, 0.15) is 20.3 Å². The number of hydrogen-bond acceptors (Lipinski definition) is 3. The van der Waals surface area contributed by atoms with Crippen LogP contribution in [-0.4, -0.2) is 36.4 Å². The molecule has 0 fully saturated rings. The second-order valence-electron chi connectivity index (χ2n) is 4.66. The topological polar surface area (TPSA) is 70.6 Å². The zero-order valence-electron chi connectivity index (χ0n) is 11.7. The minimum atomic E-state index is -0.414. The highest BCUT2D eigenvalue weighted by atomic mass is 35.5. The third kappa shape index (κ3) is 7.21. The summed E-state index contributed by atoms with van der Waals surface area (Å²) in [5.74, 6) is 0.707. The lowest BCUT2D eigenvalue weighted by atomic mass is 10.3. The number of benzene rings is 1. The van der Waals surface area contributed by atoms with Gasteiger partial charge >= 0.3 is 6.03 Å². The van der Waals surface area contributed by atoms with Gasteiger partial charge in [-0.15, -0.1) is 0 Å². The fourth-order valence-electron chi connectivity index (χ4n) is 1.48. The Balaban J connectivity index is 2.20. The van der Waals surface area contributed by atoms with Gasteiger partial charge in [-0.3, -0.25) is 0 Å². The van der Waals surface area contributed by atoms with Crippen molar-refractivity contribution in [1.29, 1.82) is 0 Å². The highest BCUT2D eigenvalue weighted by Crippen LogP contribution is 2.16. The van der Waals surface area contributed by atoms with E-state index in [1.54, 1.807) is 31.2 Å². The molecular formula is C14H21ClN2O3. The van der Waals surface area contributed by atoms with Gasteiger partial charge in [0, 0.05) is 11.6 Å². The van der Waals surface area contributed by atoms with E-state index in [0.717, 1.165) is 0 Å². The molecule has 0 aliphatic carbocycles. The summed E-state index contributed by atoms with van der Waals surface area (Å²) >= 11 is 5.78. The molecule has 0 saturated carbocycles. The molecule has 2 amide bonds. The van der Waals surface area contributed by atoms with Crippen molar-refractivity contribution in [2.24, 2.45) is 0 Å². The Kier molecular flexibility index (Phi) is 7.18. The van der Waals surface area contributed by atoms with Gasteiger partial charge in [0.2, 0.25) is 0 Å². The van der Waals surface area contributed by atoms with Crippen LogP contribution < -0.4 is 15.4 Å². The second-order valence-corrected chi connectivity index (χ2v) is 5.09. The minimum absolute atomic E-state index is 0.154. The average Bonchev–Trinajstić information content (AvgIpc) is 2.39. The summed E-state index contributed by atoms with van der Waals surface area (Å²) in [5.41, 5.74) is 0. The molecule has 0 aliphatic heterocycles. The molecule has 2 atom stereocenters. The van der Waals surface area contributed by atoms with Crippen molar-refractivity contribution in [2.45, 2.75) is 32.5 Å². The largest absolute Gasteiger partial charge is 0.489 e. The molecule has 0 bridgehead atoms. The maximum atomic E-state index is 11.4. The van der Waals surface area contributed by atoms with Crippen molar-refractivity contribution in [3.05, 3.63) is 29.3 Å². The minimum Gasteiger partial charge on any atom is -0.489 e. The molecule has 0 radical (unpaired) electrons. The van der Waals surface area contributed by atoms with E-state index in [-0.39, 0.29) is 12.1 Å². The molecule has 1 aromatic carbocycles. The van der Waals surface area contributed by atoms with Crippen LogP contribution in [0.3, 0.4) is 0 Å². The lowest BCUT2D eigenvalue weighted by Gasteiger charge is -2.16. The highest BCUT2D eigenvalue weighted by Gasteiger charge is 2.07. The maximum absolute atomic E-state index is 11.4. The van der Waals surface area contributed by atoms with Crippen LogP contribution in [0.15, 0.2) is 24.3 Å². The van der Waals surface area contributed by atoms with E-state index in [1.165, 1.54) is 0 Å². The number of nitrogens with one attached hydrogen (secondary N) is 2. The summed E-state index contributed by atoms with van der Waals surface area (Å²) in [4.78, 5) is 11.4. The number of urea groups is 1. The third-order valence-corrected chi connectivity index (χ3v) is 2.80. The summed E-state index contributed by atoms with van der Waals surface area (Å²) in [6.45, 7) is 4.38. The van der Waals surface area contributed by atoms with Crippen molar-refractivity contribution in [3.8, 4) is 5.75 Å². The van der Waals surface area contributed by atoms with Crippen LogP contribution in [0.5, 0.6) is 5.75 Å². The first-order chi connectivity index (χ1) is 9.47. The van der Waals surface area contributed by atoms with Gasteiger partial charge in [-0.05, 0) is 44.5 Å². The molecule has 0 aliphatic rings. The van der Waals surface area contributed by atoms with Crippen LogP contribution in [0.2, 0.25) is 5.02 Å². The Morgan fingerprint density at radius 1 is 1.30 bits per heavy atom. The Hall–Kier alpha value is -1.46. The normalized spacial score (nSPS) is 13.4. The number of carbonyl (C=O) groups excluding carboxylic acids is 1. The molecular weight excluding hydrogens is 280 g/mol. The first kappa shape index (κ1) is 16.6. The predicted molar refractivity (Wildman–Crippen MR) is 79.2 cm³/mol. The van der Waals surface area contributed by atoms with E-state index in [0.29, 0.717) is 30.3 Å². The highest BCUT2D eigenvalue weighted by molar-refractivity contribution is 6.30. The van der Waals surface area contributed by atoms with Crippen LogP contribution in [-0.2, 0) is 0 Å². The zero-order chi connectivity index (χ0) is 15.0. The number of amides is 2. The molecule has 5 nitrogen and oxygen atoms in total. The third-order valence-electron chi connectivity index (χ3n) is 2.55. The second kappa shape index (κ2) is 8.66. The fraction of sp³-hybridized carbons (Fsp3) is 0.500. The standard InChI is InChI=1S/C14H21ClN2O3/c1-10(18)7-8-16-14(19)17-9-11(2)20-13-5-3-12(15)4-6-13/h3-6,10-11,18H,7-9H2,1-2H3,(H2,16,17,19). The molecule has 112 valence electrons. The van der Waals surface area contributed by atoms with Gasteiger partial charge in [-0.2, -0.15) is 0 Å². The molecule has 0 aromatic heterocycles. The number of halogens is 1. The van der Waals surface area contributed by atoms with Crippen molar-refractivity contribution in [3.63, 3.8) is 0 Å². The van der Waals surface area contributed by atoms with Crippen molar-refractivity contribution < 1.29 is 14.6 Å². The van der Waals surface area contributed by atoms with E-state index in [9.17, 15) is 4.79 Å². The number of aliphatic hydroxyl groups excluding tert-OH is 1. The van der Waals surface area contributed by atoms with Crippen LogP contribution in [0, 0.1) is 0 Å². The number of aliphatic hydroxyl groups is 1. The van der Waals surface area contributed by atoms with Crippen LogP contribution >= 0.6 is 11.6 Å². The average molecular weight is 301 g/mol. The summed E-state index contributed by atoms with van der Waals surface area (Å²) in [5, 5.41) is 15.1. The number of ether oxygens (including phenoxy) is 1. The fourth-order valence-corrected chi connectivity index (χ4v) is 1.61. The Morgan fingerprint density at radius 2 is 1.95 bits per heavy atom. The number of hydrogen-bond donors (Lipinski definition) is 3. The molecule has 1 rings (SSSR count).